The monoisotopic (exact) mass is 506 g/mol. The molecule has 194 valence electrons. The molecule has 0 fully saturated rings. The van der Waals surface area contributed by atoms with Crippen molar-refractivity contribution in [1.82, 2.24) is 0 Å². The highest BCUT2D eigenvalue weighted by Crippen LogP contribution is 2.39. The van der Waals surface area contributed by atoms with E-state index in [0.717, 1.165) is 11.3 Å². The molecule has 3 aromatic rings. The lowest BCUT2D eigenvalue weighted by atomic mass is 10.1. The quantitative estimate of drug-likeness (QED) is 0.406. The van der Waals surface area contributed by atoms with Crippen LogP contribution in [0.3, 0.4) is 0 Å². The smallest absolute Gasteiger partial charge is 0.265 e. The molecule has 2 amide bonds. The number of nitrogens with zero attached hydrogens (tertiary/aromatic N) is 1. The number of fused-ring (bicyclic) bond motifs is 1. The fraction of sp³-hybridized carbons (Fsp3) is 0.286. The largest absolute Gasteiger partial charge is 0.494 e. The molecule has 1 aliphatic rings. The zero-order valence-electron chi connectivity index (χ0n) is 21.3. The summed E-state index contributed by atoms with van der Waals surface area (Å²) < 4.78 is 27.4. The Hall–Kier alpha value is -4.40. The second kappa shape index (κ2) is 11.6. The average molecular weight is 507 g/mol. The summed E-state index contributed by atoms with van der Waals surface area (Å²) in [7, 11) is 4.47. The Balaban J connectivity index is 1.47. The number of ether oxygens (including phenoxy) is 5. The van der Waals surface area contributed by atoms with Crippen molar-refractivity contribution >= 4 is 23.2 Å². The summed E-state index contributed by atoms with van der Waals surface area (Å²) in [6.07, 6.45) is 0.626. The highest BCUT2D eigenvalue weighted by atomic mass is 16.5. The van der Waals surface area contributed by atoms with Crippen LogP contribution in [0.1, 0.15) is 22.3 Å². The molecule has 9 heteroatoms. The lowest BCUT2D eigenvalue weighted by Crippen LogP contribution is -2.39. The first-order valence-electron chi connectivity index (χ1n) is 11.8. The van der Waals surface area contributed by atoms with Crippen LogP contribution in [0.4, 0.5) is 11.4 Å². The van der Waals surface area contributed by atoms with E-state index in [4.69, 9.17) is 23.7 Å². The van der Waals surface area contributed by atoms with Crippen molar-refractivity contribution in [3.8, 4) is 28.7 Å². The van der Waals surface area contributed by atoms with E-state index in [1.54, 1.807) is 35.2 Å². The van der Waals surface area contributed by atoms with Crippen LogP contribution in [0.25, 0.3) is 0 Å². The summed E-state index contributed by atoms with van der Waals surface area (Å²) in [5, 5.41) is 2.87. The molecule has 0 saturated carbocycles. The van der Waals surface area contributed by atoms with Crippen LogP contribution in [-0.4, -0.2) is 52.9 Å². The minimum atomic E-state index is -0.375. The summed E-state index contributed by atoms with van der Waals surface area (Å²) in [6.45, 7) is 2.88. The number of nitrogens with one attached hydrogen (secondary N) is 1. The van der Waals surface area contributed by atoms with Crippen molar-refractivity contribution < 1.29 is 33.3 Å². The lowest BCUT2D eigenvalue weighted by molar-refractivity contribution is -0.121. The minimum absolute atomic E-state index is 0.0388. The molecule has 0 aromatic heterocycles. The summed E-state index contributed by atoms with van der Waals surface area (Å²) in [5.74, 6) is 1.98. The molecule has 9 nitrogen and oxygen atoms in total. The maximum Gasteiger partial charge on any atom is 0.265 e. The van der Waals surface area contributed by atoms with E-state index in [-0.39, 0.29) is 18.4 Å². The number of carbonyl (C=O) groups is 2. The van der Waals surface area contributed by atoms with Crippen LogP contribution >= 0.6 is 0 Å². The number of rotatable bonds is 10. The number of aryl methyl sites for hydroxylation is 1. The molecule has 0 aliphatic carbocycles. The van der Waals surface area contributed by atoms with Gasteiger partial charge in [0.25, 0.3) is 11.8 Å². The molecule has 0 radical (unpaired) electrons. The van der Waals surface area contributed by atoms with Gasteiger partial charge in [0.15, 0.2) is 18.1 Å². The van der Waals surface area contributed by atoms with E-state index in [9.17, 15) is 9.59 Å². The van der Waals surface area contributed by atoms with Gasteiger partial charge in [-0.2, -0.15) is 0 Å². The van der Waals surface area contributed by atoms with Gasteiger partial charge in [0.1, 0.15) is 11.5 Å². The molecule has 4 rings (SSSR count). The summed E-state index contributed by atoms with van der Waals surface area (Å²) in [5.41, 5.74) is 2.55. The zero-order chi connectivity index (χ0) is 26.4. The molecule has 0 spiro atoms. The van der Waals surface area contributed by atoms with Crippen molar-refractivity contribution in [1.29, 1.82) is 0 Å². The third-order valence-electron chi connectivity index (χ3n) is 5.87. The Labute approximate surface area is 215 Å². The molecule has 0 unspecified atom stereocenters. The van der Waals surface area contributed by atoms with Crippen LogP contribution in [-0.2, 0) is 4.79 Å². The number of carbonyl (C=O) groups excluding carboxylic acids is 2. The first-order chi connectivity index (χ1) is 17.9. The van der Waals surface area contributed by atoms with Gasteiger partial charge in [0, 0.05) is 17.8 Å². The highest BCUT2D eigenvalue weighted by molar-refractivity contribution is 6.06. The third-order valence-corrected chi connectivity index (χ3v) is 5.87. The molecule has 37 heavy (non-hydrogen) atoms. The normalized spacial score (nSPS) is 12.3. The van der Waals surface area contributed by atoms with Gasteiger partial charge < -0.3 is 33.9 Å². The zero-order valence-corrected chi connectivity index (χ0v) is 21.3. The fourth-order valence-corrected chi connectivity index (χ4v) is 4.06. The predicted molar refractivity (Wildman–Crippen MR) is 140 cm³/mol. The van der Waals surface area contributed by atoms with E-state index in [1.807, 2.05) is 31.2 Å². The van der Waals surface area contributed by atoms with Crippen LogP contribution < -0.4 is 33.9 Å². The molecular formula is C28H30N2O7. The summed E-state index contributed by atoms with van der Waals surface area (Å²) >= 11 is 0. The molecule has 0 atom stereocenters. The molecule has 1 aliphatic heterocycles. The Kier molecular flexibility index (Phi) is 8.02. The SMILES string of the molecule is COc1cc(C(=O)Nc2ccc3c(c2)N(CCCOc2cccc(C)c2)C(=O)CO3)cc(OC)c1OC. The van der Waals surface area contributed by atoms with Crippen molar-refractivity contribution in [2.24, 2.45) is 0 Å². The average Bonchev–Trinajstić information content (AvgIpc) is 2.91. The van der Waals surface area contributed by atoms with E-state index < -0.39 is 0 Å². The maximum atomic E-state index is 13.0. The number of anilines is 2. The second-order valence-corrected chi connectivity index (χ2v) is 8.40. The van der Waals surface area contributed by atoms with Gasteiger partial charge in [-0.15, -0.1) is 0 Å². The predicted octanol–water partition coefficient (Wildman–Crippen LogP) is 4.47. The van der Waals surface area contributed by atoms with Gasteiger partial charge in [0.05, 0.1) is 33.6 Å². The minimum Gasteiger partial charge on any atom is -0.494 e. The number of hydrogen-bond donors (Lipinski definition) is 1. The first-order valence-corrected chi connectivity index (χ1v) is 11.8. The van der Waals surface area contributed by atoms with Gasteiger partial charge in [-0.25, -0.2) is 0 Å². The number of methoxy groups -OCH3 is 3. The van der Waals surface area contributed by atoms with Crippen molar-refractivity contribution in [3.05, 3.63) is 65.7 Å². The van der Waals surface area contributed by atoms with E-state index in [0.29, 0.717) is 59.5 Å². The van der Waals surface area contributed by atoms with Gasteiger partial charge in [-0.1, -0.05) is 12.1 Å². The second-order valence-electron chi connectivity index (χ2n) is 8.40. The van der Waals surface area contributed by atoms with Crippen molar-refractivity contribution in [2.45, 2.75) is 13.3 Å². The van der Waals surface area contributed by atoms with E-state index in [1.165, 1.54) is 21.3 Å². The Morgan fingerprint density at radius 1 is 1.00 bits per heavy atom. The van der Waals surface area contributed by atoms with Gasteiger partial charge >= 0.3 is 0 Å². The van der Waals surface area contributed by atoms with Gasteiger partial charge in [0.2, 0.25) is 5.75 Å². The third kappa shape index (κ3) is 5.88. The Morgan fingerprint density at radius 2 is 1.76 bits per heavy atom. The standard InChI is InChI=1S/C28H30N2O7/c1-18-7-5-8-21(13-18)36-12-6-11-30-22-16-20(9-10-23(22)37-17-26(30)31)29-28(32)19-14-24(33-2)27(35-4)25(15-19)34-3/h5,7-10,13-16H,6,11-12,17H2,1-4H3,(H,29,32). The highest BCUT2D eigenvalue weighted by Gasteiger charge is 2.26. The molecule has 0 bridgehead atoms. The maximum absolute atomic E-state index is 13.0. The van der Waals surface area contributed by atoms with Crippen LogP contribution in [0.5, 0.6) is 28.7 Å². The molecule has 0 saturated heterocycles. The molecule has 1 N–H and O–H groups in total. The van der Waals surface area contributed by atoms with Crippen molar-refractivity contribution in [3.63, 3.8) is 0 Å². The number of amides is 2. The number of benzene rings is 3. The Bertz CT molecular complexity index is 1270. The summed E-state index contributed by atoms with van der Waals surface area (Å²) in [4.78, 5) is 27.4. The molecule has 1 heterocycles. The van der Waals surface area contributed by atoms with Gasteiger partial charge in [-0.05, 0) is 61.4 Å². The van der Waals surface area contributed by atoms with Crippen LogP contribution in [0.2, 0.25) is 0 Å². The fourth-order valence-electron chi connectivity index (χ4n) is 4.06. The lowest BCUT2D eigenvalue weighted by Gasteiger charge is -2.30. The summed E-state index contributed by atoms with van der Waals surface area (Å²) in [6, 6.07) is 16.2. The van der Waals surface area contributed by atoms with E-state index in [2.05, 4.69) is 5.32 Å². The first kappa shape index (κ1) is 25.7. The van der Waals surface area contributed by atoms with E-state index >= 15 is 0 Å². The van der Waals surface area contributed by atoms with Crippen LogP contribution in [0, 0.1) is 6.92 Å². The topological polar surface area (TPSA) is 95.6 Å². The van der Waals surface area contributed by atoms with Gasteiger partial charge in [-0.3, -0.25) is 9.59 Å². The van der Waals surface area contributed by atoms with Crippen molar-refractivity contribution in [2.75, 3.05) is 51.3 Å². The number of hydrogen-bond acceptors (Lipinski definition) is 7. The Morgan fingerprint density at radius 3 is 2.43 bits per heavy atom. The van der Waals surface area contributed by atoms with Crippen LogP contribution in [0.15, 0.2) is 54.6 Å². The molecular weight excluding hydrogens is 476 g/mol. The molecule has 3 aromatic carbocycles.